The quantitative estimate of drug-likeness (QED) is 0.795. The van der Waals surface area contributed by atoms with E-state index >= 15 is 0 Å². The zero-order valence-electron chi connectivity index (χ0n) is 11.4. The van der Waals surface area contributed by atoms with E-state index in [0.29, 0.717) is 18.2 Å². The molecule has 2 fully saturated rings. The molecule has 3 heteroatoms. The molecule has 0 radical (unpaired) electrons. The molecule has 0 amide bonds. The summed E-state index contributed by atoms with van der Waals surface area (Å²) in [4.78, 5) is 12.0. The molecule has 3 nitrogen and oxygen atoms in total. The molecule has 1 N–H and O–H groups in total. The number of esters is 1. The summed E-state index contributed by atoms with van der Waals surface area (Å²) in [7, 11) is 0. The van der Waals surface area contributed by atoms with E-state index < -0.39 is 0 Å². The van der Waals surface area contributed by atoms with Crippen molar-refractivity contribution in [1.29, 1.82) is 0 Å². The molecule has 0 aromatic heterocycles. The molecule has 1 aromatic carbocycles. The van der Waals surface area contributed by atoms with Crippen LogP contribution in [0, 0.1) is 11.8 Å². The van der Waals surface area contributed by atoms with Gasteiger partial charge in [-0.2, -0.15) is 0 Å². The minimum atomic E-state index is -0.226. The van der Waals surface area contributed by atoms with Crippen molar-refractivity contribution in [3.63, 3.8) is 0 Å². The molecule has 0 bridgehead atoms. The first kappa shape index (κ1) is 12.5. The van der Waals surface area contributed by atoms with Crippen LogP contribution in [0.4, 0.5) is 5.69 Å². The monoisotopic (exact) mass is 259 g/mol. The maximum atomic E-state index is 12.0. The van der Waals surface area contributed by atoms with Crippen molar-refractivity contribution in [3.8, 4) is 0 Å². The van der Waals surface area contributed by atoms with Gasteiger partial charge in [0.25, 0.3) is 0 Å². The average Bonchev–Trinajstić information content (AvgIpc) is 3.29. The van der Waals surface area contributed by atoms with Gasteiger partial charge in [0.15, 0.2) is 0 Å². The van der Waals surface area contributed by atoms with Gasteiger partial charge in [-0.05, 0) is 56.6 Å². The molecule has 3 rings (SSSR count). The van der Waals surface area contributed by atoms with E-state index in [4.69, 9.17) is 4.74 Å². The second-order valence-corrected chi connectivity index (χ2v) is 5.61. The molecular formula is C16H21NO2. The van der Waals surface area contributed by atoms with E-state index in [2.05, 4.69) is 5.32 Å². The Hall–Kier alpha value is -1.51. The van der Waals surface area contributed by atoms with Crippen molar-refractivity contribution >= 4 is 11.7 Å². The number of nitrogens with one attached hydrogen (secondary N) is 1. The summed E-state index contributed by atoms with van der Waals surface area (Å²) >= 11 is 0. The molecule has 0 atom stereocenters. The Balaban J connectivity index is 1.77. The highest BCUT2D eigenvalue weighted by Gasteiger charge is 2.41. The summed E-state index contributed by atoms with van der Waals surface area (Å²) in [5.41, 5.74) is 1.60. The van der Waals surface area contributed by atoms with Crippen molar-refractivity contribution in [1.82, 2.24) is 0 Å². The van der Waals surface area contributed by atoms with Crippen LogP contribution in [-0.4, -0.2) is 18.6 Å². The van der Waals surface area contributed by atoms with Gasteiger partial charge in [0.2, 0.25) is 0 Å². The first-order valence-corrected chi connectivity index (χ1v) is 7.32. The third kappa shape index (κ3) is 2.91. The van der Waals surface area contributed by atoms with E-state index in [9.17, 15) is 4.79 Å². The van der Waals surface area contributed by atoms with Crippen LogP contribution in [0.25, 0.3) is 0 Å². The van der Waals surface area contributed by atoms with Crippen molar-refractivity contribution < 1.29 is 9.53 Å². The molecule has 2 saturated carbocycles. The van der Waals surface area contributed by atoms with Crippen LogP contribution in [0.2, 0.25) is 0 Å². The smallest absolute Gasteiger partial charge is 0.340 e. The van der Waals surface area contributed by atoms with Gasteiger partial charge in [0.1, 0.15) is 0 Å². The number of carbonyl (C=O) groups excluding carboxylic acids is 1. The SMILES string of the molecule is CCOC(=O)c1ccccc1NC(C1CC1)C1CC1. The van der Waals surface area contributed by atoms with Crippen LogP contribution >= 0.6 is 0 Å². The van der Waals surface area contributed by atoms with Gasteiger partial charge in [-0.3, -0.25) is 0 Å². The second kappa shape index (κ2) is 5.24. The highest BCUT2D eigenvalue weighted by atomic mass is 16.5. The molecular weight excluding hydrogens is 238 g/mol. The van der Waals surface area contributed by atoms with Gasteiger partial charge < -0.3 is 10.1 Å². The maximum Gasteiger partial charge on any atom is 0.340 e. The average molecular weight is 259 g/mol. The molecule has 102 valence electrons. The van der Waals surface area contributed by atoms with Gasteiger partial charge in [-0.1, -0.05) is 12.1 Å². The van der Waals surface area contributed by atoms with E-state index in [-0.39, 0.29) is 5.97 Å². The first-order chi connectivity index (χ1) is 9.29. The predicted molar refractivity (Wildman–Crippen MR) is 75.3 cm³/mol. The molecule has 0 aliphatic heterocycles. The fraction of sp³-hybridized carbons (Fsp3) is 0.562. The molecule has 1 aromatic rings. The summed E-state index contributed by atoms with van der Waals surface area (Å²) in [5, 5.41) is 3.61. The molecule has 19 heavy (non-hydrogen) atoms. The van der Waals surface area contributed by atoms with E-state index in [0.717, 1.165) is 17.5 Å². The van der Waals surface area contributed by atoms with Crippen LogP contribution < -0.4 is 5.32 Å². The van der Waals surface area contributed by atoms with E-state index in [1.54, 1.807) is 0 Å². The maximum absolute atomic E-state index is 12.0. The Morgan fingerprint density at radius 3 is 2.47 bits per heavy atom. The Bertz CT molecular complexity index is 452. The van der Waals surface area contributed by atoms with Gasteiger partial charge in [0.05, 0.1) is 12.2 Å². The lowest BCUT2D eigenvalue weighted by Crippen LogP contribution is -2.25. The lowest BCUT2D eigenvalue weighted by molar-refractivity contribution is 0.0527. The van der Waals surface area contributed by atoms with Crippen LogP contribution in [0.3, 0.4) is 0 Å². The predicted octanol–water partition coefficient (Wildman–Crippen LogP) is 3.46. The Kier molecular flexibility index (Phi) is 3.45. The zero-order chi connectivity index (χ0) is 13.2. The summed E-state index contributed by atoms with van der Waals surface area (Å²) in [6.07, 6.45) is 5.32. The van der Waals surface area contributed by atoms with Crippen molar-refractivity contribution in [2.45, 2.75) is 38.6 Å². The van der Waals surface area contributed by atoms with Crippen molar-refractivity contribution in [2.75, 3.05) is 11.9 Å². The van der Waals surface area contributed by atoms with Crippen molar-refractivity contribution in [3.05, 3.63) is 29.8 Å². The minimum absolute atomic E-state index is 0.226. The molecule has 0 spiro atoms. The van der Waals surface area contributed by atoms with E-state index in [1.165, 1.54) is 25.7 Å². The van der Waals surface area contributed by atoms with Gasteiger partial charge in [-0.25, -0.2) is 4.79 Å². The number of rotatable bonds is 6. The number of hydrogen-bond donors (Lipinski definition) is 1. The highest BCUT2D eigenvalue weighted by Crippen LogP contribution is 2.46. The van der Waals surface area contributed by atoms with Crippen LogP contribution in [0.1, 0.15) is 43.0 Å². The number of ether oxygens (including phenoxy) is 1. The lowest BCUT2D eigenvalue weighted by atomic mass is 10.1. The highest BCUT2D eigenvalue weighted by molar-refractivity contribution is 5.95. The van der Waals surface area contributed by atoms with Crippen LogP contribution in [-0.2, 0) is 4.74 Å². The largest absolute Gasteiger partial charge is 0.462 e. The Morgan fingerprint density at radius 1 is 1.26 bits per heavy atom. The van der Waals surface area contributed by atoms with Crippen LogP contribution in [0.5, 0.6) is 0 Å². The molecule has 2 aliphatic rings. The van der Waals surface area contributed by atoms with Gasteiger partial charge in [0, 0.05) is 11.7 Å². The van der Waals surface area contributed by atoms with Gasteiger partial charge >= 0.3 is 5.97 Å². The second-order valence-electron chi connectivity index (χ2n) is 5.61. The summed E-state index contributed by atoms with van der Waals surface area (Å²) in [6, 6.07) is 8.25. The number of para-hydroxylation sites is 1. The van der Waals surface area contributed by atoms with Crippen LogP contribution in [0.15, 0.2) is 24.3 Å². The normalized spacial score (nSPS) is 18.4. The summed E-state index contributed by atoms with van der Waals surface area (Å²) in [5.74, 6) is 1.39. The first-order valence-electron chi connectivity index (χ1n) is 7.32. The fourth-order valence-electron chi connectivity index (χ4n) is 2.71. The lowest BCUT2D eigenvalue weighted by Gasteiger charge is -2.20. The molecule has 0 unspecified atom stereocenters. The van der Waals surface area contributed by atoms with E-state index in [1.807, 2.05) is 31.2 Å². The zero-order valence-corrected chi connectivity index (χ0v) is 11.4. The molecule has 0 heterocycles. The molecule has 0 saturated heterocycles. The third-order valence-corrected chi connectivity index (χ3v) is 4.00. The minimum Gasteiger partial charge on any atom is -0.462 e. The Morgan fingerprint density at radius 2 is 1.89 bits per heavy atom. The topological polar surface area (TPSA) is 38.3 Å². The number of hydrogen-bond acceptors (Lipinski definition) is 3. The summed E-state index contributed by atoms with van der Waals surface area (Å²) in [6.45, 7) is 2.26. The molecule has 2 aliphatic carbocycles. The van der Waals surface area contributed by atoms with Crippen molar-refractivity contribution in [2.24, 2.45) is 11.8 Å². The summed E-state index contributed by atoms with van der Waals surface area (Å²) < 4.78 is 5.12. The fourth-order valence-corrected chi connectivity index (χ4v) is 2.71. The van der Waals surface area contributed by atoms with Gasteiger partial charge in [-0.15, -0.1) is 0 Å². The third-order valence-electron chi connectivity index (χ3n) is 4.00. The number of benzene rings is 1. The standard InChI is InChI=1S/C16H21NO2/c1-2-19-16(18)13-5-3-4-6-14(13)17-15(11-7-8-11)12-9-10-12/h3-6,11-12,15,17H,2,7-10H2,1H3. The Labute approximate surface area is 114 Å². The number of anilines is 1. The number of carbonyl (C=O) groups is 1.